The highest BCUT2D eigenvalue weighted by atomic mass is 32.2. The van der Waals surface area contributed by atoms with Crippen molar-refractivity contribution in [3.8, 4) is 0 Å². The first kappa shape index (κ1) is 29.5. The van der Waals surface area contributed by atoms with Crippen LogP contribution in [0.25, 0.3) is 0 Å². The van der Waals surface area contributed by atoms with Gasteiger partial charge in [-0.05, 0) is 40.3 Å². The molecule has 6 rings (SSSR count). The second kappa shape index (κ2) is 13.8. The summed E-state index contributed by atoms with van der Waals surface area (Å²) in [7, 11) is 0. The molecule has 1 atom stereocenters. The normalized spacial score (nSPS) is 14.4. The number of benzene rings is 3. The maximum absolute atomic E-state index is 13.7. The molecule has 0 aliphatic carbocycles. The van der Waals surface area contributed by atoms with Crippen molar-refractivity contribution in [2.45, 2.75) is 37.1 Å². The molecule has 0 radical (unpaired) electrons. The topological polar surface area (TPSA) is 92.5 Å². The van der Waals surface area contributed by atoms with Gasteiger partial charge in [-0.2, -0.15) is 5.10 Å². The lowest BCUT2D eigenvalue weighted by Crippen LogP contribution is -2.29. The highest BCUT2D eigenvalue weighted by molar-refractivity contribution is 7.99. The van der Waals surface area contributed by atoms with Gasteiger partial charge in [-0.1, -0.05) is 90.6 Å². The van der Waals surface area contributed by atoms with Gasteiger partial charge in [0.05, 0.1) is 41.9 Å². The van der Waals surface area contributed by atoms with Gasteiger partial charge in [-0.3, -0.25) is 9.59 Å². The lowest BCUT2D eigenvalue weighted by molar-refractivity contribution is -0.130. The number of hydrogen-bond donors (Lipinski definition) is 1. The second-order valence-electron chi connectivity index (χ2n) is 10.2. The third-order valence-corrected chi connectivity index (χ3v) is 9.05. The summed E-state index contributed by atoms with van der Waals surface area (Å²) in [6.45, 7) is 0.685. The quantitative estimate of drug-likeness (QED) is 0.186. The van der Waals surface area contributed by atoms with E-state index in [1.165, 1.54) is 28.9 Å². The van der Waals surface area contributed by atoms with Crippen LogP contribution in [0.15, 0.2) is 113 Å². The summed E-state index contributed by atoms with van der Waals surface area (Å²) in [4.78, 5) is 27.3. The summed E-state index contributed by atoms with van der Waals surface area (Å²) >= 11 is 2.85. The molecule has 222 valence electrons. The van der Waals surface area contributed by atoms with E-state index < -0.39 is 0 Å². The molecule has 3 aromatic carbocycles. The fraction of sp³-hybridized carbons (Fsp3) is 0.182. The van der Waals surface area contributed by atoms with E-state index in [1.54, 1.807) is 23.5 Å². The van der Waals surface area contributed by atoms with Crippen LogP contribution in [0.5, 0.6) is 0 Å². The number of amides is 2. The van der Waals surface area contributed by atoms with Crippen molar-refractivity contribution in [2.24, 2.45) is 5.10 Å². The van der Waals surface area contributed by atoms with E-state index in [9.17, 15) is 14.0 Å². The van der Waals surface area contributed by atoms with Gasteiger partial charge in [0.1, 0.15) is 5.82 Å². The van der Waals surface area contributed by atoms with Crippen LogP contribution in [-0.2, 0) is 29.1 Å². The predicted molar refractivity (Wildman–Crippen MR) is 170 cm³/mol. The molecule has 2 amide bonds. The van der Waals surface area contributed by atoms with Gasteiger partial charge >= 0.3 is 0 Å². The summed E-state index contributed by atoms with van der Waals surface area (Å²) in [5.74, 6) is 0.0302. The Morgan fingerprint density at radius 2 is 1.64 bits per heavy atom. The first-order chi connectivity index (χ1) is 21.5. The van der Waals surface area contributed by atoms with Crippen molar-refractivity contribution in [3.05, 3.63) is 136 Å². The Balaban J connectivity index is 1.19. The van der Waals surface area contributed by atoms with E-state index in [0.717, 1.165) is 27.3 Å². The molecule has 2 aromatic heterocycles. The van der Waals surface area contributed by atoms with Crippen LogP contribution in [0.3, 0.4) is 0 Å². The monoisotopic (exact) mass is 624 g/mol. The van der Waals surface area contributed by atoms with Gasteiger partial charge in [-0.15, -0.1) is 21.5 Å². The SMILES string of the molecule is O=C(Cc1ccccc1)NCc1nnc(SCC(=O)N2N=C(c3cccs3)C[C@@H]2c2ccc(F)cc2)n1Cc1ccccc1. The Labute approximate surface area is 262 Å². The second-order valence-corrected chi connectivity index (χ2v) is 12.1. The van der Waals surface area contributed by atoms with E-state index in [-0.39, 0.29) is 42.4 Å². The first-order valence-corrected chi connectivity index (χ1v) is 16.0. The van der Waals surface area contributed by atoms with Crippen LogP contribution in [0.1, 0.15) is 39.9 Å². The fourth-order valence-corrected chi connectivity index (χ4v) is 6.50. The summed E-state index contributed by atoms with van der Waals surface area (Å²) in [6, 6.07) is 29.3. The first-order valence-electron chi connectivity index (χ1n) is 14.1. The summed E-state index contributed by atoms with van der Waals surface area (Å²) in [6.07, 6.45) is 0.808. The number of aromatic nitrogens is 3. The van der Waals surface area contributed by atoms with E-state index >= 15 is 0 Å². The summed E-state index contributed by atoms with van der Waals surface area (Å²) < 4.78 is 15.6. The van der Waals surface area contributed by atoms with E-state index in [0.29, 0.717) is 23.9 Å². The minimum Gasteiger partial charge on any atom is -0.349 e. The van der Waals surface area contributed by atoms with Gasteiger partial charge in [0.15, 0.2) is 11.0 Å². The zero-order valence-electron chi connectivity index (χ0n) is 23.7. The number of nitrogens with zero attached hydrogens (tertiary/aromatic N) is 5. The lowest BCUT2D eigenvalue weighted by atomic mass is 10.0. The van der Waals surface area contributed by atoms with Crippen LogP contribution in [-0.4, -0.2) is 43.1 Å². The minimum atomic E-state index is -0.335. The smallest absolute Gasteiger partial charge is 0.253 e. The molecular weight excluding hydrogens is 596 g/mol. The Kier molecular flexibility index (Phi) is 9.23. The Morgan fingerprint density at radius 3 is 2.34 bits per heavy atom. The third-order valence-electron chi connectivity index (χ3n) is 7.18. The number of hydrazone groups is 1. The molecule has 0 bridgehead atoms. The number of hydrogen-bond acceptors (Lipinski definition) is 7. The van der Waals surface area contributed by atoms with E-state index in [1.807, 2.05) is 82.7 Å². The molecule has 0 unspecified atom stereocenters. The van der Waals surface area contributed by atoms with E-state index in [4.69, 9.17) is 5.10 Å². The fourth-order valence-electron chi connectivity index (χ4n) is 4.97. The predicted octanol–water partition coefficient (Wildman–Crippen LogP) is 5.86. The number of halogens is 1. The average Bonchev–Trinajstić information content (AvgIpc) is 3.81. The molecule has 0 saturated carbocycles. The molecule has 0 spiro atoms. The van der Waals surface area contributed by atoms with Crippen molar-refractivity contribution in [1.29, 1.82) is 0 Å². The molecule has 1 aliphatic heterocycles. The van der Waals surface area contributed by atoms with Gasteiger partial charge in [0, 0.05) is 6.42 Å². The van der Waals surface area contributed by atoms with Gasteiger partial charge in [0.25, 0.3) is 5.91 Å². The lowest BCUT2D eigenvalue weighted by Gasteiger charge is -2.22. The molecular formula is C33H29FN6O2S2. The highest BCUT2D eigenvalue weighted by Crippen LogP contribution is 2.34. The molecule has 1 aliphatic rings. The van der Waals surface area contributed by atoms with Crippen LogP contribution < -0.4 is 5.32 Å². The Hall–Kier alpha value is -4.61. The molecule has 0 fully saturated rings. The standard InChI is InChI=1S/C33H29FN6O2S2/c34-26-15-13-25(14-16-26)28-19-27(29-12-7-17-43-29)38-40(28)32(42)22-44-33-37-36-30(39(33)21-24-10-5-2-6-11-24)20-35-31(41)18-23-8-3-1-4-9-23/h1-17,28H,18-22H2,(H,35,41)/t28-/m1/s1. The number of rotatable bonds is 11. The number of thiophene rings is 1. The highest BCUT2D eigenvalue weighted by Gasteiger charge is 2.33. The molecule has 44 heavy (non-hydrogen) atoms. The van der Waals surface area contributed by atoms with Crippen molar-refractivity contribution in [2.75, 3.05) is 5.75 Å². The van der Waals surface area contributed by atoms with Crippen molar-refractivity contribution in [3.63, 3.8) is 0 Å². The summed E-state index contributed by atoms with van der Waals surface area (Å²) in [5.41, 5.74) is 3.61. The maximum Gasteiger partial charge on any atom is 0.253 e. The molecule has 1 N–H and O–H groups in total. The number of nitrogens with one attached hydrogen (secondary N) is 1. The van der Waals surface area contributed by atoms with Crippen molar-refractivity contribution >= 4 is 40.6 Å². The molecule has 5 aromatic rings. The number of carbonyl (C=O) groups excluding carboxylic acids is 2. The van der Waals surface area contributed by atoms with Crippen LogP contribution in [0.2, 0.25) is 0 Å². The largest absolute Gasteiger partial charge is 0.349 e. The van der Waals surface area contributed by atoms with Gasteiger partial charge in [0.2, 0.25) is 5.91 Å². The number of carbonyl (C=O) groups is 2. The van der Waals surface area contributed by atoms with Crippen LogP contribution in [0.4, 0.5) is 4.39 Å². The van der Waals surface area contributed by atoms with Crippen LogP contribution >= 0.6 is 23.1 Å². The molecule has 11 heteroatoms. The Morgan fingerprint density at radius 1 is 0.909 bits per heavy atom. The minimum absolute atomic E-state index is 0.0756. The third kappa shape index (κ3) is 7.12. The van der Waals surface area contributed by atoms with Crippen molar-refractivity contribution in [1.82, 2.24) is 25.1 Å². The van der Waals surface area contributed by atoms with Crippen LogP contribution in [0, 0.1) is 5.82 Å². The van der Waals surface area contributed by atoms with E-state index in [2.05, 4.69) is 15.5 Å². The Bertz CT molecular complexity index is 1740. The summed E-state index contributed by atoms with van der Waals surface area (Å²) in [5, 5.41) is 20.5. The van der Waals surface area contributed by atoms with Gasteiger partial charge in [-0.25, -0.2) is 9.40 Å². The number of thioether (sulfide) groups is 1. The molecule has 0 saturated heterocycles. The van der Waals surface area contributed by atoms with Gasteiger partial charge < -0.3 is 9.88 Å². The van der Waals surface area contributed by atoms with Crippen molar-refractivity contribution < 1.29 is 14.0 Å². The maximum atomic E-state index is 13.7. The molecule has 3 heterocycles. The zero-order chi connectivity index (χ0) is 30.3. The average molecular weight is 625 g/mol. The molecule has 8 nitrogen and oxygen atoms in total. The zero-order valence-corrected chi connectivity index (χ0v) is 25.3.